The minimum absolute atomic E-state index is 0.0796. The van der Waals surface area contributed by atoms with Gasteiger partial charge in [-0.15, -0.1) is 0 Å². The number of carbonyl (C=O) groups is 1. The Morgan fingerprint density at radius 1 is 1.48 bits per heavy atom. The first-order valence-corrected chi connectivity index (χ1v) is 10.7. The van der Waals surface area contributed by atoms with Gasteiger partial charge in [-0.1, -0.05) is 26.7 Å². The number of aromatic nitrogens is 1. The van der Waals surface area contributed by atoms with E-state index >= 15 is 0 Å². The summed E-state index contributed by atoms with van der Waals surface area (Å²) in [5.74, 6) is 0.450. The van der Waals surface area contributed by atoms with Crippen LogP contribution in [0.1, 0.15) is 52.1 Å². The van der Waals surface area contributed by atoms with Gasteiger partial charge in [-0.2, -0.15) is 0 Å². The summed E-state index contributed by atoms with van der Waals surface area (Å²) >= 11 is 3.42. The van der Waals surface area contributed by atoms with Gasteiger partial charge in [-0.3, -0.25) is 9.78 Å². The Morgan fingerprint density at radius 2 is 2.26 bits per heavy atom. The van der Waals surface area contributed by atoms with Crippen molar-refractivity contribution in [2.24, 2.45) is 17.8 Å². The number of nitrogens with zero attached hydrogens (tertiary/aromatic N) is 1. The maximum Gasteiger partial charge on any atom is 0.309 e. The van der Waals surface area contributed by atoms with Crippen molar-refractivity contribution in [2.45, 2.75) is 65.1 Å². The van der Waals surface area contributed by atoms with Crippen molar-refractivity contribution in [1.82, 2.24) is 4.98 Å². The van der Waals surface area contributed by atoms with Crippen molar-refractivity contribution in [3.8, 4) is 0 Å². The van der Waals surface area contributed by atoms with Crippen molar-refractivity contribution in [1.29, 1.82) is 5.41 Å². The average Bonchev–Trinajstić information content (AvgIpc) is 3.04. The zero-order valence-electron chi connectivity index (χ0n) is 16.5. The van der Waals surface area contributed by atoms with Gasteiger partial charge in [-0.25, -0.2) is 0 Å². The fourth-order valence-electron chi connectivity index (χ4n) is 3.83. The van der Waals surface area contributed by atoms with Crippen LogP contribution < -0.4 is 0 Å². The number of ether oxygens (including phenoxy) is 2. The number of hydrogen-bond donors (Lipinski definition) is 1. The summed E-state index contributed by atoms with van der Waals surface area (Å²) in [4.78, 5) is 17.1. The van der Waals surface area contributed by atoms with E-state index in [1.165, 1.54) is 0 Å². The highest BCUT2D eigenvalue weighted by Crippen LogP contribution is 2.37. The fourth-order valence-corrected chi connectivity index (χ4v) is 4.06. The lowest BCUT2D eigenvalue weighted by atomic mass is 9.79. The highest BCUT2D eigenvalue weighted by molar-refractivity contribution is 9.10. The molecule has 0 spiro atoms. The minimum atomic E-state index is -0.471. The van der Waals surface area contributed by atoms with Crippen LogP contribution in [0.5, 0.6) is 0 Å². The van der Waals surface area contributed by atoms with Gasteiger partial charge >= 0.3 is 5.97 Å². The Hall–Kier alpha value is -1.27. The topological polar surface area (TPSA) is 72.3 Å². The Balaban J connectivity index is 2.09. The molecule has 5 atom stereocenters. The summed E-state index contributed by atoms with van der Waals surface area (Å²) in [5.41, 5.74) is 1.01. The molecule has 1 aliphatic rings. The van der Waals surface area contributed by atoms with Crippen LogP contribution in [0.2, 0.25) is 0 Å². The van der Waals surface area contributed by atoms with E-state index in [9.17, 15) is 4.79 Å². The number of nitrogens with one attached hydrogen (secondary N) is 1. The van der Waals surface area contributed by atoms with E-state index in [1.807, 2.05) is 18.3 Å². The number of carbonyl (C=O) groups excluding carboxylic acids is 1. The molecule has 6 heteroatoms. The third kappa shape index (κ3) is 6.39. The van der Waals surface area contributed by atoms with Crippen molar-refractivity contribution < 1.29 is 14.3 Å². The maximum atomic E-state index is 12.6. The highest BCUT2D eigenvalue weighted by atomic mass is 79.9. The largest absolute Gasteiger partial charge is 0.457 e. The third-order valence-corrected chi connectivity index (χ3v) is 5.86. The molecule has 2 heterocycles. The summed E-state index contributed by atoms with van der Waals surface area (Å²) in [6.07, 6.45) is 6.90. The van der Waals surface area contributed by atoms with Crippen LogP contribution in [0, 0.1) is 23.2 Å². The molecule has 5 nitrogen and oxygen atoms in total. The number of esters is 1. The summed E-state index contributed by atoms with van der Waals surface area (Å²) in [7, 11) is 0. The van der Waals surface area contributed by atoms with Gasteiger partial charge in [0.2, 0.25) is 0 Å². The fraction of sp³-hybridized carbons (Fsp3) is 0.667. The van der Waals surface area contributed by atoms with Gasteiger partial charge in [-0.05, 0) is 59.7 Å². The summed E-state index contributed by atoms with van der Waals surface area (Å²) in [6, 6.07) is 4.02. The van der Waals surface area contributed by atoms with Crippen LogP contribution in [0.3, 0.4) is 0 Å². The normalized spacial score (nSPS) is 24.4. The quantitative estimate of drug-likeness (QED) is 0.419. The molecule has 2 rings (SSSR count). The van der Waals surface area contributed by atoms with E-state index in [1.54, 1.807) is 6.92 Å². The molecular formula is C21H31BrN2O3. The van der Waals surface area contributed by atoms with Crippen LogP contribution in [0.25, 0.3) is 0 Å². The summed E-state index contributed by atoms with van der Waals surface area (Å²) in [6.45, 7) is 6.74. The second kappa shape index (κ2) is 10.9. The maximum absolute atomic E-state index is 12.6. The molecule has 1 aromatic rings. The summed E-state index contributed by atoms with van der Waals surface area (Å²) < 4.78 is 12.5. The average molecular weight is 439 g/mol. The number of pyridine rings is 1. The van der Waals surface area contributed by atoms with Gasteiger partial charge in [0.05, 0.1) is 18.6 Å². The number of rotatable bonds is 10. The first-order chi connectivity index (χ1) is 13.0. The zero-order chi connectivity index (χ0) is 19.8. The van der Waals surface area contributed by atoms with Crippen LogP contribution >= 0.6 is 15.9 Å². The van der Waals surface area contributed by atoms with Gasteiger partial charge in [0.25, 0.3) is 0 Å². The molecule has 0 radical (unpaired) electrons. The lowest BCUT2D eigenvalue weighted by molar-refractivity contribution is -0.151. The molecule has 0 bridgehead atoms. The Kier molecular flexibility index (Phi) is 8.90. The third-order valence-electron chi connectivity index (χ3n) is 5.39. The molecule has 0 aliphatic carbocycles. The van der Waals surface area contributed by atoms with E-state index < -0.39 is 6.10 Å². The second-order valence-electron chi connectivity index (χ2n) is 7.41. The monoisotopic (exact) mass is 438 g/mol. The number of halogens is 1. The van der Waals surface area contributed by atoms with Gasteiger partial charge in [0, 0.05) is 29.0 Å². The molecule has 1 aliphatic heterocycles. The van der Waals surface area contributed by atoms with E-state index in [4.69, 9.17) is 14.9 Å². The molecule has 1 saturated heterocycles. The Morgan fingerprint density at radius 3 is 2.85 bits per heavy atom. The van der Waals surface area contributed by atoms with E-state index in [-0.39, 0.29) is 18.0 Å². The van der Waals surface area contributed by atoms with E-state index in [0.29, 0.717) is 11.8 Å². The molecule has 1 aromatic heterocycles. The van der Waals surface area contributed by atoms with Gasteiger partial charge in [0.15, 0.2) is 0 Å². The number of hydrogen-bond acceptors (Lipinski definition) is 5. The Bertz CT molecular complexity index is 608. The predicted octanol–water partition coefficient (Wildman–Crippen LogP) is 4.82. The van der Waals surface area contributed by atoms with Gasteiger partial charge in [0.1, 0.15) is 6.10 Å². The predicted molar refractivity (Wildman–Crippen MR) is 110 cm³/mol. The zero-order valence-corrected chi connectivity index (χ0v) is 18.1. The SMILES string of the molecule is CCC[C@H](C[C@@H]1C(CC)COC1Cc1ccc(Br)cn1)C(=O)O[C@H](C)C=N. The molecule has 0 saturated carbocycles. The van der Waals surface area contributed by atoms with Crippen molar-refractivity contribution in [3.05, 3.63) is 28.5 Å². The standard InChI is InChI=1S/C21H31BrN2O3/c1-4-6-16(21(25)27-14(3)11-23)9-19-15(5-2)13-26-20(19)10-18-8-7-17(22)12-24-18/h7-8,11-12,14-16,19-20,23H,4-6,9-10,13H2,1-3H3/t14-,15?,16-,19-,20?/m1/s1. The summed E-state index contributed by atoms with van der Waals surface area (Å²) in [5, 5.41) is 7.27. The van der Waals surface area contributed by atoms with Crippen molar-refractivity contribution in [3.63, 3.8) is 0 Å². The smallest absolute Gasteiger partial charge is 0.309 e. The highest BCUT2D eigenvalue weighted by Gasteiger charge is 2.39. The Labute approximate surface area is 170 Å². The lowest BCUT2D eigenvalue weighted by Gasteiger charge is -2.26. The second-order valence-corrected chi connectivity index (χ2v) is 8.32. The van der Waals surface area contributed by atoms with Gasteiger partial charge < -0.3 is 14.9 Å². The molecule has 0 amide bonds. The molecule has 27 heavy (non-hydrogen) atoms. The molecular weight excluding hydrogens is 408 g/mol. The molecule has 2 unspecified atom stereocenters. The van der Waals surface area contributed by atoms with Crippen LogP contribution in [0.15, 0.2) is 22.8 Å². The molecule has 0 aromatic carbocycles. The van der Waals surface area contributed by atoms with Crippen LogP contribution in [-0.2, 0) is 20.7 Å². The van der Waals surface area contributed by atoms with E-state index in [0.717, 1.165) is 55.1 Å². The van der Waals surface area contributed by atoms with E-state index in [2.05, 4.69) is 34.8 Å². The van der Waals surface area contributed by atoms with Crippen molar-refractivity contribution >= 4 is 28.1 Å². The lowest BCUT2D eigenvalue weighted by Crippen LogP contribution is -2.30. The molecule has 1 N–H and O–H groups in total. The van der Waals surface area contributed by atoms with Crippen LogP contribution in [-0.4, -0.2) is 36.0 Å². The minimum Gasteiger partial charge on any atom is -0.457 e. The van der Waals surface area contributed by atoms with Crippen LogP contribution in [0.4, 0.5) is 0 Å². The first-order valence-electron chi connectivity index (χ1n) is 9.91. The molecule has 150 valence electrons. The molecule has 1 fully saturated rings. The van der Waals surface area contributed by atoms with Crippen molar-refractivity contribution in [2.75, 3.05) is 6.61 Å². The first kappa shape index (κ1) is 22.0.